The van der Waals surface area contributed by atoms with Gasteiger partial charge in [0, 0.05) is 24.1 Å². The van der Waals surface area contributed by atoms with Crippen LogP contribution in [-0.4, -0.2) is 19.7 Å². The monoisotopic (exact) mass is 279 g/mol. The van der Waals surface area contributed by atoms with Crippen molar-refractivity contribution in [2.45, 2.75) is 37.7 Å². The summed E-state index contributed by atoms with van der Waals surface area (Å²) < 4.78 is 1.97. The van der Waals surface area contributed by atoms with Crippen LogP contribution in [0.25, 0.3) is 0 Å². The van der Waals surface area contributed by atoms with Crippen molar-refractivity contribution in [1.29, 1.82) is 0 Å². The zero-order valence-corrected chi connectivity index (χ0v) is 11.8. The molecule has 6 nitrogen and oxygen atoms in total. The number of hydrogen-bond donors (Lipinski definition) is 2. The quantitative estimate of drug-likeness (QED) is 0.638. The summed E-state index contributed by atoms with van der Waals surface area (Å²) in [5, 5.41) is 5.02. The second kappa shape index (κ2) is 5.92. The van der Waals surface area contributed by atoms with E-state index in [4.69, 9.17) is 5.73 Å². The number of hydrogen-bond acceptors (Lipinski definition) is 5. The third kappa shape index (κ3) is 3.37. The zero-order chi connectivity index (χ0) is 13.8. The molecule has 3 N–H and O–H groups in total. The molecule has 0 spiro atoms. The van der Waals surface area contributed by atoms with Crippen molar-refractivity contribution < 1.29 is 0 Å². The molecule has 0 saturated heterocycles. The Balaban J connectivity index is 2.13. The second-order valence-electron chi connectivity index (χ2n) is 4.06. The van der Waals surface area contributed by atoms with Crippen LogP contribution in [0.3, 0.4) is 0 Å². The van der Waals surface area contributed by atoms with Crippen LogP contribution in [0.1, 0.15) is 25.2 Å². The SMILES string of the molecule is CCc1cc(CSc2nc(N)cc(=O)[nH]2)n(CC)n1. The van der Waals surface area contributed by atoms with Gasteiger partial charge in [0.25, 0.3) is 5.56 Å². The number of aromatic nitrogens is 4. The highest BCUT2D eigenvalue weighted by atomic mass is 32.2. The first-order valence-corrected chi connectivity index (χ1v) is 7.16. The van der Waals surface area contributed by atoms with Gasteiger partial charge in [0.1, 0.15) is 5.82 Å². The number of nitrogen functional groups attached to an aromatic ring is 1. The molecule has 0 aliphatic rings. The van der Waals surface area contributed by atoms with Crippen molar-refractivity contribution in [3.8, 4) is 0 Å². The van der Waals surface area contributed by atoms with E-state index in [2.05, 4.69) is 35.0 Å². The number of anilines is 1. The van der Waals surface area contributed by atoms with E-state index in [0.717, 1.165) is 24.4 Å². The normalized spacial score (nSPS) is 10.8. The topological polar surface area (TPSA) is 89.6 Å². The predicted octanol–water partition coefficient (Wildman–Crippen LogP) is 1.42. The fraction of sp³-hybridized carbons (Fsp3) is 0.417. The number of nitrogens with zero attached hydrogens (tertiary/aromatic N) is 3. The summed E-state index contributed by atoms with van der Waals surface area (Å²) in [6.45, 7) is 4.97. The molecule has 0 fully saturated rings. The van der Waals surface area contributed by atoms with E-state index in [9.17, 15) is 4.79 Å². The van der Waals surface area contributed by atoms with E-state index in [1.165, 1.54) is 17.8 Å². The molecule has 0 atom stereocenters. The Morgan fingerprint density at radius 1 is 1.42 bits per heavy atom. The molecule has 0 bridgehead atoms. The Kier molecular flexibility index (Phi) is 4.26. The highest BCUT2D eigenvalue weighted by Crippen LogP contribution is 2.19. The second-order valence-corrected chi connectivity index (χ2v) is 5.02. The van der Waals surface area contributed by atoms with Crippen LogP contribution >= 0.6 is 11.8 Å². The summed E-state index contributed by atoms with van der Waals surface area (Å²) in [6, 6.07) is 3.36. The molecule has 0 radical (unpaired) electrons. The molecule has 0 aromatic carbocycles. The van der Waals surface area contributed by atoms with E-state index in [0.29, 0.717) is 10.9 Å². The molecule has 2 aromatic rings. The Labute approximate surface area is 115 Å². The zero-order valence-electron chi connectivity index (χ0n) is 11.0. The minimum Gasteiger partial charge on any atom is -0.383 e. The van der Waals surface area contributed by atoms with E-state index >= 15 is 0 Å². The van der Waals surface area contributed by atoms with Crippen LogP contribution in [0, 0.1) is 0 Å². The molecule has 0 aliphatic heterocycles. The molecule has 2 heterocycles. The van der Waals surface area contributed by atoms with Gasteiger partial charge in [-0.05, 0) is 19.4 Å². The van der Waals surface area contributed by atoms with Gasteiger partial charge in [0.15, 0.2) is 5.16 Å². The highest BCUT2D eigenvalue weighted by molar-refractivity contribution is 7.98. The van der Waals surface area contributed by atoms with E-state index in [1.807, 2.05) is 4.68 Å². The lowest BCUT2D eigenvalue weighted by Crippen LogP contribution is -2.09. The maximum absolute atomic E-state index is 11.3. The molecular weight excluding hydrogens is 262 g/mol. The number of H-pyrrole nitrogens is 1. The van der Waals surface area contributed by atoms with Gasteiger partial charge < -0.3 is 10.7 Å². The number of aromatic amines is 1. The maximum atomic E-state index is 11.3. The van der Waals surface area contributed by atoms with Crippen molar-refractivity contribution in [1.82, 2.24) is 19.7 Å². The minimum atomic E-state index is -0.228. The first-order chi connectivity index (χ1) is 9.12. The molecule has 0 amide bonds. The van der Waals surface area contributed by atoms with Crippen molar-refractivity contribution in [3.05, 3.63) is 33.9 Å². The summed E-state index contributed by atoms with van der Waals surface area (Å²) in [4.78, 5) is 18.0. The number of thioether (sulfide) groups is 1. The van der Waals surface area contributed by atoms with E-state index in [-0.39, 0.29) is 11.4 Å². The average molecular weight is 279 g/mol. The summed E-state index contributed by atoms with van der Waals surface area (Å²) in [5.74, 6) is 0.942. The Bertz CT molecular complexity index is 619. The van der Waals surface area contributed by atoms with Crippen molar-refractivity contribution >= 4 is 17.6 Å². The maximum Gasteiger partial charge on any atom is 0.253 e. The summed E-state index contributed by atoms with van der Waals surface area (Å²) in [7, 11) is 0. The Morgan fingerprint density at radius 3 is 2.84 bits per heavy atom. The standard InChI is InChI=1S/C12H17N5OS/c1-3-8-5-9(17(4-2)16-8)7-19-12-14-10(13)6-11(18)15-12/h5-6H,3-4,7H2,1-2H3,(H3,13,14,15,18). The third-order valence-electron chi connectivity index (χ3n) is 2.67. The van der Waals surface area contributed by atoms with Gasteiger partial charge in [-0.1, -0.05) is 18.7 Å². The van der Waals surface area contributed by atoms with Gasteiger partial charge in [-0.25, -0.2) is 4.98 Å². The predicted molar refractivity (Wildman–Crippen MR) is 76.1 cm³/mol. The van der Waals surface area contributed by atoms with Gasteiger partial charge in [-0.15, -0.1) is 0 Å². The number of rotatable bonds is 5. The lowest BCUT2D eigenvalue weighted by atomic mass is 10.3. The fourth-order valence-corrected chi connectivity index (χ4v) is 2.60. The fourth-order valence-electron chi connectivity index (χ4n) is 1.74. The lowest BCUT2D eigenvalue weighted by molar-refractivity contribution is 0.627. The summed E-state index contributed by atoms with van der Waals surface area (Å²) >= 11 is 1.45. The van der Waals surface area contributed by atoms with Crippen LogP contribution < -0.4 is 11.3 Å². The van der Waals surface area contributed by atoms with Crippen LogP contribution in [0.5, 0.6) is 0 Å². The molecule has 0 unspecified atom stereocenters. The first-order valence-electron chi connectivity index (χ1n) is 6.17. The van der Waals surface area contributed by atoms with Crippen molar-refractivity contribution in [2.75, 3.05) is 5.73 Å². The Morgan fingerprint density at radius 2 is 2.21 bits per heavy atom. The molecule has 2 rings (SSSR count). The van der Waals surface area contributed by atoms with Gasteiger partial charge in [0.2, 0.25) is 0 Å². The minimum absolute atomic E-state index is 0.228. The van der Waals surface area contributed by atoms with Gasteiger partial charge >= 0.3 is 0 Å². The van der Waals surface area contributed by atoms with Crippen LogP contribution in [0.2, 0.25) is 0 Å². The van der Waals surface area contributed by atoms with Crippen LogP contribution in [0.15, 0.2) is 22.1 Å². The van der Waals surface area contributed by atoms with Crippen LogP contribution in [-0.2, 0) is 18.7 Å². The van der Waals surface area contributed by atoms with Gasteiger partial charge in [0.05, 0.1) is 5.69 Å². The van der Waals surface area contributed by atoms with Crippen LogP contribution in [0.4, 0.5) is 5.82 Å². The molecule has 0 saturated carbocycles. The lowest BCUT2D eigenvalue weighted by Gasteiger charge is -2.04. The van der Waals surface area contributed by atoms with Gasteiger partial charge in [-0.3, -0.25) is 9.48 Å². The molecule has 102 valence electrons. The average Bonchev–Trinajstić information content (AvgIpc) is 2.77. The number of nitrogens with two attached hydrogens (primary N) is 1. The molecule has 2 aromatic heterocycles. The molecule has 0 aliphatic carbocycles. The summed E-state index contributed by atoms with van der Waals surface area (Å²) in [5.41, 5.74) is 7.51. The Hall–Kier alpha value is -1.76. The first kappa shape index (κ1) is 13.7. The van der Waals surface area contributed by atoms with E-state index < -0.39 is 0 Å². The summed E-state index contributed by atoms with van der Waals surface area (Å²) in [6.07, 6.45) is 0.915. The highest BCUT2D eigenvalue weighted by Gasteiger charge is 2.07. The largest absolute Gasteiger partial charge is 0.383 e. The number of aryl methyl sites for hydroxylation is 2. The van der Waals surface area contributed by atoms with Crippen molar-refractivity contribution in [2.24, 2.45) is 0 Å². The van der Waals surface area contributed by atoms with Gasteiger partial charge in [-0.2, -0.15) is 5.10 Å². The van der Waals surface area contributed by atoms with Crippen molar-refractivity contribution in [3.63, 3.8) is 0 Å². The smallest absolute Gasteiger partial charge is 0.253 e. The molecule has 7 heteroatoms. The number of nitrogens with one attached hydrogen (secondary N) is 1. The van der Waals surface area contributed by atoms with E-state index in [1.54, 1.807) is 0 Å². The molecule has 19 heavy (non-hydrogen) atoms. The molecular formula is C12H17N5OS. The third-order valence-corrected chi connectivity index (χ3v) is 3.58.